The molecule has 4 heteroatoms. The molecule has 0 aromatic heterocycles. The van der Waals surface area contributed by atoms with Crippen molar-refractivity contribution in [3.63, 3.8) is 0 Å². The molecule has 0 heterocycles. The molecule has 0 unspecified atom stereocenters. The molecule has 0 atom stereocenters. The molecule has 0 spiro atoms. The van der Waals surface area contributed by atoms with E-state index >= 15 is 0 Å². The summed E-state index contributed by atoms with van der Waals surface area (Å²) in [6, 6.07) is 0. The second-order valence-corrected chi connectivity index (χ2v) is 6.79. The second kappa shape index (κ2) is 8.74. The number of ether oxygens (including phenoxy) is 1. The van der Waals surface area contributed by atoms with Gasteiger partial charge in [0, 0.05) is 19.7 Å². The van der Waals surface area contributed by atoms with Crippen LogP contribution in [0.1, 0.15) is 70.6 Å². The molecule has 0 bridgehead atoms. The van der Waals surface area contributed by atoms with Crippen LogP contribution in [0, 0.1) is 5.41 Å². The smallest absolute Gasteiger partial charge is 0.227 e. The van der Waals surface area contributed by atoms with Gasteiger partial charge < -0.3 is 15.8 Å². The van der Waals surface area contributed by atoms with Crippen LogP contribution >= 0.6 is 0 Å². The van der Waals surface area contributed by atoms with Crippen molar-refractivity contribution in [3.05, 3.63) is 0 Å². The number of carbonyl (C=O) groups is 1. The van der Waals surface area contributed by atoms with Crippen molar-refractivity contribution in [1.29, 1.82) is 0 Å². The molecule has 2 aliphatic rings. The van der Waals surface area contributed by atoms with Gasteiger partial charge in [-0.05, 0) is 32.1 Å². The monoisotopic (exact) mass is 296 g/mol. The fraction of sp³-hybridized carbons (Fsp3) is 0.941. The highest BCUT2D eigenvalue weighted by Crippen LogP contribution is 2.35. The van der Waals surface area contributed by atoms with E-state index in [1.54, 1.807) is 0 Å². The summed E-state index contributed by atoms with van der Waals surface area (Å²) in [6.07, 6.45) is 13.2. The van der Waals surface area contributed by atoms with E-state index in [2.05, 4.69) is 5.32 Å². The van der Waals surface area contributed by atoms with Crippen molar-refractivity contribution < 1.29 is 9.53 Å². The summed E-state index contributed by atoms with van der Waals surface area (Å²) in [5.74, 6) is 0.169. The lowest BCUT2D eigenvalue weighted by atomic mass is 9.73. The summed E-state index contributed by atoms with van der Waals surface area (Å²) >= 11 is 0. The topological polar surface area (TPSA) is 64.4 Å². The Balaban J connectivity index is 1.59. The quantitative estimate of drug-likeness (QED) is 0.710. The minimum atomic E-state index is -0.289. The zero-order valence-corrected chi connectivity index (χ0v) is 13.4. The van der Waals surface area contributed by atoms with Gasteiger partial charge in [0.15, 0.2) is 0 Å². The van der Waals surface area contributed by atoms with Gasteiger partial charge in [-0.2, -0.15) is 0 Å². The summed E-state index contributed by atoms with van der Waals surface area (Å²) in [5.41, 5.74) is 5.59. The standard InChI is InChI=1S/C17H32N2O2/c18-14-17(10-5-2-6-11-17)16(20)19-12-7-13-21-15-8-3-1-4-9-15/h15H,1-14,18H2,(H,19,20). The molecule has 21 heavy (non-hydrogen) atoms. The van der Waals surface area contributed by atoms with Crippen LogP contribution < -0.4 is 11.1 Å². The largest absolute Gasteiger partial charge is 0.378 e. The first-order valence-corrected chi connectivity index (χ1v) is 8.87. The minimum Gasteiger partial charge on any atom is -0.378 e. The summed E-state index contributed by atoms with van der Waals surface area (Å²) in [5, 5.41) is 3.08. The Morgan fingerprint density at radius 1 is 1.10 bits per heavy atom. The van der Waals surface area contributed by atoms with Crippen LogP contribution in [-0.2, 0) is 9.53 Å². The fourth-order valence-corrected chi connectivity index (χ4v) is 3.70. The van der Waals surface area contributed by atoms with Gasteiger partial charge in [-0.3, -0.25) is 4.79 Å². The lowest BCUT2D eigenvalue weighted by molar-refractivity contribution is -0.132. The van der Waals surface area contributed by atoms with Crippen LogP contribution in [0.5, 0.6) is 0 Å². The Kier molecular flexibility index (Phi) is 6.97. The number of carbonyl (C=O) groups excluding carboxylic acids is 1. The van der Waals surface area contributed by atoms with Crippen molar-refractivity contribution in [3.8, 4) is 0 Å². The van der Waals surface area contributed by atoms with Crippen molar-refractivity contribution in [2.75, 3.05) is 19.7 Å². The van der Waals surface area contributed by atoms with Gasteiger partial charge >= 0.3 is 0 Å². The van der Waals surface area contributed by atoms with Gasteiger partial charge in [0.05, 0.1) is 11.5 Å². The summed E-state index contributed by atoms with van der Waals surface area (Å²) < 4.78 is 5.89. The summed E-state index contributed by atoms with van der Waals surface area (Å²) in [4.78, 5) is 12.4. The highest BCUT2D eigenvalue weighted by atomic mass is 16.5. The highest BCUT2D eigenvalue weighted by Gasteiger charge is 2.37. The Morgan fingerprint density at radius 3 is 2.43 bits per heavy atom. The zero-order chi connectivity index (χ0) is 15.0. The Morgan fingerprint density at radius 2 is 1.76 bits per heavy atom. The summed E-state index contributed by atoms with van der Waals surface area (Å²) in [6.45, 7) is 1.96. The van der Waals surface area contributed by atoms with Gasteiger partial charge in [0.2, 0.25) is 5.91 Å². The Labute approximate surface area is 129 Å². The van der Waals surface area contributed by atoms with Gasteiger partial charge in [-0.25, -0.2) is 0 Å². The van der Waals surface area contributed by atoms with Gasteiger partial charge in [-0.1, -0.05) is 38.5 Å². The third-order valence-corrected chi connectivity index (χ3v) is 5.20. The number of rotatable bonds is 7. The molecule has 2 saturated carbocycles. The number of hydrogen-bond acceptors (Lipinski definition) is 3. The molecule has 122 valence electrons. The average molecular weight is 296 g/mol. The van der Waals surface area contributed by atoms with Crippen molar-refractivity contribution >= 4 is 5.91 Å². The summed E-state index contributed by atoms with van der Waals surface area (Å²) in [7, 11) is 0. The van der Waals surface area contributed by atoms with E-state index in [0.717, 1.165) is 38.7 Å². The lowest BCUT2D eigenvalue weighted by Gasteiger charge is -2.34. The Bertz CT molecular complexity index is 308. The van der Waals surface area contributed by atoms with Crippen molar-refractivity contribution in [2.24, 2.45) is 11.1 Å². The molecule has 0 radical (unpaired) electrons. The van der Waals surface area contributed by atoms with Crippen LogP contribution in [0.3, 0.4) is 0 Å². The highest BCUT2D eigenvalue weighted by molar-refractivity contribution is 5.82. The van der Waals surface area contributed by atoms with Crippen LogP contribution in [0.15, 0.2) is 0 Å². The van der Waals surface area contributed by atoms with E-state index in [1.165, 1.54) is 38.5 Å². The molecule has 1 amide bonds. The van der Waals surface area contributed by atoms with Crippen LogP contribution in [0.25, 0.3) is 0 Å². The molecule has 3 N–H and O–H groups in total. The molecular weight excluding hydrogens is 264 g/mol. The molecule has 0 aromatic rings. The van der Waals surface area contributed by atoms with Crippen molar-refractivity contribution in [1.82, 2.24) is 5.32 Å². The number of nitrogens with one attached hydrogen (secondary N) is 1. The van der Waals surface area contributed by atoms with E-state index in [4.69, 9.17) is 10.5 Å². The van der Waals surface area contributed by atoms with Crippen LogP contribution in [-0.4, -0.2) is 31.7 Å². The fourth-order valence-electron chi connectivity index (χ4n) is 3.70. The molecule has 2 rings (SSSR count). The maximum Gasteiger partial charge on any atom is 0.227 e. The number of amides is 1. The zero-order valence-electron chi connectivity index (χ0n) is 13.4. The first-order chi connectivity index (χ1) is 10.3. The van der Waals surface area contributed by atoms with E-state index in [0.29, 0.717) is 19.2 Å². The third kappa shape index (κ3) is 4.96. The maximum atomic E-state index is 12.4. The maximum absolute atomic E-state index is 12.4. The normalized spacial score (nSPS) is 22.9. The first kappa shape index (κ1) is 16.8. The lowest BCUT2D eigenvalue weighted by Crippen LogP contribution is -2.47. The Hall–Kier alpha value is -0.610. The van der Waals surface area contributed by atoms with E-state index in [-0.39, 0.29) is 11.3 Å². The van der Waals surface area contributed by atoms with E-state index in [1.807, 2.05) is 0 Å². The molecule has 0 saturated heterocycles. The number of nitrogens with two attached hydrogens (primary N) is 1. The van der Waals surface area contributed by atoms with Crippen LogP contribution in [0.4, 0.5) is 0 Å². The first-order valence-electron chi connectivity index (χ1n) is 8.87. The third-order valence-electron chi connectivity index (χ3n) is 5.20. The number of hydrogen-bond donors (Lipinski definition) is 2. The van der Waals surface area contributed by atoms with E-state index < -0.39 is 0 Å². The predicted molar refractivity (Wildman–Crippen MR) is 85.0 cm³/mol. The van der Waals surface area contributed by atoms with Gasteiger partial charge in [-0.15, -0.1) is 0 Å². The van der Waals surface area contributed by atoms with Crippen molar-refractivity contribution in [2.45, 2.75) is 76.7 Å². The van der Waals surface area contributed by atoms with Gasteiger partial charge in [0.25, 0.3) is 0 Å². The average Bonchev–Trinajstić information content (AvgIpc) is 2.56. The molecule has 0 aliphatic heterocycles. The minimum absolute atomic E-state index is 0.169. The molecular formula is C17H32N2O2. The molecule has 2 aliphatic carbocycles. The molecule has 0 aromatic carbocycles. The SMILES string of the molecule is NCC1(C(=O)NCCCOC2CCCCC2)CCCCC1. The molecule has 2 fully saturated rings. The second-order valence-electron chi connectivity index (χ2n) is 6.79. The van der Waals surface area contributed by atoms with Crippen LogP contribution in [0.2, 0.25) is 0 Å². The van der Waals surface area contributed by atoms with Gasteiger partial charge in [0.1, 0.15) is 0 Å². The molecule has 4 nitrogen and oxygen atoms in total. The predicted octanol–water partition coefficient (Wildman–Crippen LogP) is 2.75. The van der Waals surface area contributed by atoms with E-state index in [9.17, 15) is 4.79 Å².